The number of anilines is 1. The predicted molar refractivity (Wildman–Crippen MR) is 78.8 cm³/mol. The molecule has 0 aromatic heterocycles. The summed E-state index contributed by atoms with van der Waals surface area (Å²) in [5, 5.41) is 6.58. The van der Waals surface area contributed by atoms with Crippen molar-refractivity contribution in [3.05, 3.63) is 66.2 Å². The van der Waals surface area contributed by atoms with Gasteiger partial charge in [0.2, 0.25) is 0 Å². The third kappa shape index (κ3) is 1.81. The van der Waals surface area contributed by atoms with E-state index in [0.717, 1.165) is 5.69 Å². The molecule has 3 rings (SSSR count). The Hall–Kier alpha value is -1.74. The first-order valence-electron chi connectivity index (χ1n) is 5.92. The van der Waals surface area contributed by atoms with Gasteiger partial charge in [0.05, 0.1) is 11.2 Å². The van der Waals surface area contributed by atoms with E-state index in [2.05, 4.69) is 53.4 Å². The summed E-state index contributed by atoms with van der Waals surface area (Å²) in [7, 11) is 0. The van der Waals surface area contributed by atoms with Crippen LogP contribution in [0, 0.1) is 0 Å². The fourth-order valence-corrected chi connectivity index (χ4v) is 3.02. The molecule has 0 radical (unpaired) electrons. The number of para-hydroxylation sites is 1. The molecule has 3 heteroatoms. The van der Waals surface area contributed by atoms with E-state index in [-0.39, 0.29) is 4.87 Å². The van der Waals surface area contributed by atoms with Crippen LogP contribution in [0.1, 0.15) is 12.5 Å². The van der Waals surface area contributed by atoms with Crippen molar-refractivity contribution in [3.8, 4) is 0 Å². The lowest BCUT2D eigenvalue weighted by Gasteiger charge is -2.33. The number of thioether (sulfide) groups is 1. The molecular weight excluding hydrogens is 240 g/mol. The second-order valence-corrected chi connectivity index (χ2v) is 5.58. The van der Waals surface area contributed by atoms with E-state index in [0.29, 0.717) is 0 Å². The van der Waals surface area contributed by atoms with E-state index in [1.54, 1.807) is 11.8 Å². The molecule has 1 unspecified atom stereocenters. The summed E-state index contributed by atoms with van der Waals surface area (Å²) in [6.07, 6.45) is 0. The Morgan fingerprint density at radius 2 is 1.56 bits per heavy atom. The summed E-state index contributed by atoms with van der Waals surface area (Å²) >= 11 is 1.73. The smallest absolute Gasteiger partial charge is 0.136 e. The van der Waals surface area contributed by atoms with Crippen molar-refractivity contribution >= 4 is 23.0 Å². The average molecular weight is 254 g/mol. The number of hydrazone groups is 1. The zero-order valence-corrected chi connectivity index (χ0v) is 11.0. The van der Waals surface area contributed by atoms with Gasteiger partial charge in [0, 0.05) is 0 Å². The van der Waals surface area contributed by atoms with Crippen LogP contribution in [0.4, 0.5) is 5.69 Å². The summed E-state index contributed by atoms with van der Waals surface area (Å²) in [6, 6.07) is 20.8. The van der Waals surface area contributed by atoms with Gasteiger partial charge in [-0.15, -0.1) is 0 Å². The quantitative estimate of drug-likeness (QED) is 0.803. The lowest BCUT2D eigenvalue weighted by molar-refractivity contribution is 0.653. The van der Waals surface area contributed by atoms with Crippen LogP contribution in [0.5, 0.6) is 0 Å². The fourth-order valence-electron chi connectivity index (χ4n) is 2.15. The SMILES string of the molecule is CC1(c2ccccc2)SC=NN1c1ccccc1. The standard InChI is InChI=1S/C15H14N2S/c1-15(13-8-4-2-5-9-13)17(16-12-18-15)14-10-6-3-7-11-14/h2-12H,1H3. The lowest BCUT2D eigenvalue weighted by Crippen LogP contribution is -2.34. The van der Waals surface area contributed by atoms with E-state index in [1.165, 1.54) is 5.56 Å². The van der Waals surface area contributed by atoms with Crippen molar-refractivity contribution in [3.63, 3.8) is 0 Å². The monoisotopic (exact) mass is 254 g/mol. The number of hydrogen-bond donors (Lipinski definition) is 0. The van der Waals surface area contributed by atoms with E-state index in [9.17, 15) is 0 Å². The molecule has 0 saturated carbocycles. The van der Waals surface area contributed by atoms with Crippen LogP contribution in [0.25, 0.3) is 0 Å². The number of benzene rings is 2. The Balaban J connectivity index is 2.03. The Morgan fingerprint density at radius 3 is 2.22 bits per heavy atom. The summed E-state index contributed by atoms with van der Waals surface area (Å²) in [5.74, 6) is 0. The first-order chi connectivity index (χ1) is 8.81. The zero-order chi connectivity index (χ0) is 12.4. The molecule has 1 aliphatic heterocycles. The largest absolute Gasteiger partial charge is 0.244 e. The van der Waals surface area contributed by atoms with Gasteiger partial charge < -0.3 is 0 Å². The van der Waals surface area contributed by atoms with Crippen LogP contribution >= 0.6 is 11.8 Å². The maximum Gasteiger partial charge on any atom is 0.136 e. The average Bonchev–Trinajstić information content (AvgIpc) is 2.84. The maximum absolute atomic E-state index is 4.51. The molecule has 0 saturated heterocycles. The molecule has 0 fully saturated rings. The summed E-state index contributed by atoms with van der Waals surface area (Å²) in [4.78, 5) is -0.164. The molecule has 0 amide bonds. The van der Waals surface area contributed by atoms with Crippen molar-refractivity contribution in [1.29, 1.82) is 0 Å². The van der Waals surface area contributed by atoms with Crippen LogP contribution < -0.4 is 5.01 Å². The molecule has 0 aliphatic carbocycles. The molecule has 0 N–H and O–H groups in total. The van der Waals surface area contributed by atoms with E-state index >= 15 is 0 Å². The minimum Gasteiger partial charge on any atom is -0.244 e. The van der Waals surface area contributed by atoms with Crippen molar-refractivity contribution in [2.45, 2.75) is 11.8 Å². The number of hydrogen-bond acceptors (Lipinski definition) is 3. The van der Waals surface area contributed by atoms with Gasteiger partial charge in [-0.05, 0) is 24.6 Å². The summed E-state index contributed by atoms with van der Waals surface area (Å²) in [6.45, 7) is 2.20. The highest BCUT2D eigenvalue weighted by Crippen LogP contribution is 2.44. The van der Waals surface area contributed by atoms with Crippen LogP contribution in [0.3, 0.4) is 0 Å². The molecule has 0 spiro atoms. The highest BCUT2D eigenvalue weighted by atomic mass is 32.2. The first kappa shape index (κ1) is 11.4. The molecule has 0 bridgehead atoms. The zero-order valence-electron chi connectivity index (χ0n) is 10.2. The minimum absolute atomic E-state index is 0.164. The molecular formula is C15H14N2S. The fraction of sp³-hybridized carbons (Fsp3) is 0.133. The Labute approximate surface area is 111 Å². The van der Waals surface area contributed by atoms with Gasteiger partial charge in [-0.3, -0.25) is 0 Å². The van der Waals surface area contributed by atoms with Crippen molar-refractivity contribution in [1.82, 2.24) is 0 Å². The molecule has 18 heavy (non-hydrogen) atoms. The normalized spacial score (nSPS) is 22.4. The predicted octanol–water partition coefficient (Wildman–Crippen LogP) is 4.06. The van der Waals surface area contributed by atoms with Crippen molar-refractivity contribution < 1.29 is 0 Å². The van der Waals surface area contributed by atoms with Gasteiger partial charge in [-0.2, -0.15) is 5.10 Å². The van der Waals surface area contributed by atoms with E-state index < -0.39 is 0 Å². The van der Waals surface area contributed by atoms with Gasteiger partial charge in [-0.25, -0.2) is 5.01 Å². The Bertz CT molecular complexity index is 553. The lowest BCUT2D eigenvalue weighted by atomic mass is 10.1. The van der Waals surface area contributed by atoms with Crippen LogP contribution in [-0.4, -0.2) is 5.55 Å². The van der Waals surface area contributed by atoms with Crippen molar-refractivity contribution in [2.75, 3.05) is 5.01 Å². The second kappa shape index (κ2) is 4.50. The molecule has 1 atom stereocenters. The summed E-state index contributed by atoms with van der Waals surface area (Å²) < 4.78 is 0. The van der Waals surface area contributed by atoms with Crippen molar-refractivity contribution in [2.24, 2.45) is 5.10 Å². The van der Waals surface area contributed by atoms with Crippen LogP contribution in [0.15, 0.2) is 65.8 Å². The molecule has 1 heterocycles. The van der Waals surface area contributed by atoms with E-state index in [1.807, 2.05) is 29.8 Å². The third-order valence-electron chi connectivity index (χ3n) is 3.16. The molecule has 90 valence electrons. The second-order valence-electron chi connectivity index (χ2n) is 4.33. The third-order valence-corrected chi connectivity index (χ3v) is 4.23. The van der Waals surface area contributed by atoms with Crippen LogP contribution in [0.2, 0.25) is 0 Å². The highest BCUT2D eigenvalue weighted by Gasteiger charge is 2.37. The van der Waals surface area contributed by atoms with Gasteiger partial charge in [0.15, 0.2) is 0 Å². The number of nitrogens with zero attached hydrogens (tertiary/aromatic N) is 2. The highest BCUT2D eigenvalue weighted by molar-refractivity contribution is 8.13. The summed E-state index contributed by atoms with van der Waals surface area (Å²) in [5.41, 5.74) is 4.29. The first-order valence-corrected chi connectivity index (χ1v) is 6.80. The maximum atomic E-state index is 4.51. The minimum atomic E-state index is -0.164. The molecule has 1 aliphatic rings. The van der Waals surface area contributed by atoms with E-state index in [4.69, 9.17) is 0 Å². The van der Waals surface area contributed by atoms with Gasteiger partial charge in [0.1, 0.15) is 4.87 Å². The Kier molecular flexibility index (Phi) is 2.84. The number of rotatable bonds is 2. The molecule has 2 aromatic rings. The molecule has 2 nitrogen and oxygen atoms in total. The molecule has 2 aromatic carbocycles. The topological polar surface area (TPSA) is 15.6 Å². The van der Waals surface area contributed by atoms with Gasteiger partial charge in [0.25, 0.3) is 0 Å². The van der Waals surface area contributed by atoms with Gasteiger partial charge in [-0.1, -0.05) is 60.3 Å². The Morgan fingerprint density at radius 1 is 0.944 bits per heavy atom. The van der Waals surface area contributed by atoms with Crippen LogP contribution in [-0.2, 0) is 4.87 Å². The van der Waals surface area contributed by atoms with Gasteiger partial charge >= 0.3 is 0 Å².